The summed E-state index contributed by atoms with van der Waals surface area (Å²) in [7, 11) is 0. The molecule has 0 aliphatic rings. The van der Waals surface area contributed by atoms with Gasteiger partial charge in [0.15, 0.2) is 23.3 Å². The average molecular weight is 253 g/mol. The molecule has 1 aromatic carbocycles. The van der Waals surface area contributed by atoms with E-state index < -0.39 is 17.5 Å². The van der Waals surface area contributed by atoms with Crippen LogP contribution in [0, 0.1) is 28.8 Å². The Morgan fingerprint density at radius 2 is 1.72 bits per heavy atom. The quantitative estimate of drug-likeness (QED) is 0.749. The summed E-state index contributed by atoms with van der Waals surface area (Å²) in [5, 5.41) is 12.4. The summed E-state index contributed by atoms with van der Waals surface area (Å²) < 4.78 is 39.8. The van der Waals surface area contributed by atoms with Crippen molar-refractivity contribution in [2.24, 2.45) is 0 Å². The summed E-state index contributed by atoms with van der Waals surface area (Å²) >= 11 is 0. The topological polar surface area (TPSA) is 93.6 Å². The number of benzene rings is 1. The van der Waals surface area contributed by atoms with Gasteiger partial charge in [0.1, 0.15) is 17.5 Å². The smallest absolute Gasteiger partial charge is 0.194 e. The molecule has 0 saturated carbocycles. The number of rotatable bonds is 1. The molecule has 1 heterocycles. The van der Waals surface area contributed by atoms with Gasteiger partial charge in [-0.1, -0.05) is 0 Å². The molecule has 0 fully saturated rings. The van der Waals surface area contributed by atoms with Crippen molar-refractivity contribution in [3.63, 3.8) is 0 Å². The zero-order valence-corrected chi connectivity index (χ0v) is 8.78. The largest absolute Gasteiger partial charge is 0.382 e. The first-order chi connectivity index (χ1) is 8.45. The highest BCUT2D eigenvalue weighted by molar-refractivity contribution is 5.64. The molecule has 0 aliphatic carbocycles. The second kappa shape index (κ2) is 3.96. The van der Waals surface area contributed by atoms with Crippen LogP contribution in [0.2, 0.25) is 0 Å². The maximum atomic E-state index is 13.1. The molecule has 0 radical (unpaired) electrons. The zero-order valence-electron chi connectivity index (χ0n) is 8.78. The lowest BCUT2D eigenvalue weighted by atomic mass is 10.2. The van der Waals surface area contributed by atoms with Crippen LogP contribution in [0.5, 0.6) is 0 Å². The number of nitrogens with two attached hydrogens (primary N) is 2. The third-order valence-electron chi connectivity index (χ3n) is 2.27. The van der Waals surface area contributed by atoms with Gasteiger partial charge in [-0.2, -0.15) is 5.26 Å². The van der Waals surface area contributed by atoms with E-state index in [-0.39, 0.29) is 22.9 Å². The van der Waals surface area contributed by atoms with Gasteiger partial charge in [0, 0.05) is 12.1 Å². The highest BCUT2D eigenvalue weighted by Gasteiger charge is 2.17. The maximum Gasteiger partial charge on any atom is 0.194 e. The Morgan fingerprint density at radius 1 is 1.17 bits per heavy atom. The van der Waals surface area contributed by atoms with Crippen molar-refractivity contribution >= 4 is 11.6 Å². The first kappa shape index (κ1) is 11.8. The molecule has 0 unspecified atom stereocenters. The van der Waals surface area contributed by atoms with Gasteiger partial charge in [-0.05, 0) is 0 Å². The Balaban J connectivity index is 2.67. The minimum Gasteiger partial charge on any atom is -0.382 e. The number of nitriles is 1. The normalized spacial score (nSPS) is 10.3. The van der Waals surface area contributed by atoms with Crippen LogP contribution in [-0.4, -0.2) is 9.78 Å². The van der Waals surface area contributed by atoms with Gasteiger partial charge in [0.05, 0.1) is 5.69 Å². The second-order valence-corrected chi connectivity index (χ2v) is 3.39. The highest BCUT2D eigenvalue weighted by Crippen LogP contribution is 2.24. The van der Waals surface area contributed by atoms with Gasteiger partial charge in [-0.25, -0.2) is 17.9 Å². The van der Waals surface area contributed by atoms with Crippen LogP contribution in [0.4, 0.5) is 24.8 Å². The monoisotopic (exact) mass is 253 g/mol. The van der Waals surface area contributed by atoms with E-state index >= 15 is 0 Å². The molecular formula is C10H6F3N5. The summed E-state index contributed by atoms with van der Waals surface area (Å²) in [6.45, 7) is 0. The molecule has 1 aromatic heterocycles. The molecule has 0 spiro atoms. The third kappa shape index (κ3) is 1.62. The summed E-state index contributed by atoms with van der Waals surface area (Å²) in [5.41, 5.74) is 10.7. The van der Waals surface area contributed by atoms with Crippen molar-refractivity contribution in [1.82, 2.24) is 9.78 Å². The van der Waals surface area contributed by atoms with E-state index in [0.717, 1.165) is 4.68 Å². The first-order valence-electron chi connectivity index (χ1n) is 4.64. The number of halogens is 3. The Kier molecular flexibility index (Phi) is 2.59. The molecule has 0 saturated heterocycles. The van der Waals surface area contributed by atoms with Gasteiger partial charge in [0.25, 0.3) is 0 Å². The molecule has 0 atom stereocenters. The summed E-state index contributed by atoms with van der Waals surface area (Å²) in [6.07, 6.45) is 0. The van der Waals surface area contributed by atoms with Crippen LogP contribution >= 0.6 is 0 Å². The molecule has 5 nitrogen and oxygen atoms in total. The molecule has 8 heteroatoms. The molecule has 0 aliphatic heterocycles. The summed E-state index contributed by atoms with van der Waals surface area (Å²) in [6, 6.07) is 3.09. The minimum absolute atomic E-state index is 0.111. The van der Waals surface area contributed by atoms with Gasteiger partial charge >= 0.3 is 0 Å². The van der Waals surface area contributed by atoms with E-state index in [9.17, 15) is 13.2 Å². The molecule has 0 bridgehead atoms. The summed E-state index contributed by atoms with van der Waals surface area (Å²) in [4.78, 5) is 0. The fourth-order valence-corrected chi connectivity index (χ4v) is 1.42. The molecule has 18 heavy (non-hydrogen) atoms. The Hall–Kier alpha value is -2.69. The van der Waals surface area contributed by atoms with E-state index in [1.807, 2.05) is 0 Å². The molecule has 92 valence electrons. The molecule has 2 aromatic rings. The number of hydrogen-bond acceptors (Lipinski definition) is 4. The second-order valence-electron chi connectivity index (χ2n) is 3.39. The Bertz CT molecular complexity index is 648. The van der Waals surface area contributed by atoms with E-state index in [1.54, 1.807) is 6.07 Å². The number of aromatic nitrogens is 2. The average Bonchev–Trinajstić information content (AvgIpc) is 2.60. The van der Waals surface area contributed by atoms with Crippen LogP contribution in [0.1, 0.15) is 5.56 Å². The van der Waals surface area contributed by atoms with E-state index in [4.69, 9.17) is 16.7 Å². The first-order valence-corrected chi connectivity index (χ1v) is 4.64. The van der Waals surface area contributed by atoms with Crippen molar-refractivity contribution in [1.29, 1.82) is 5.26 Å². The predicted octanol–water partition coefficient (Wildman–Crippen LogP) is 1.33. The zero-order chi connectivity index (χ0) is 13.4. The van der Waals surface area contributed by atoms with Crippen LogP contribution in [-0.2, 0) is 0 Å². The number of nitrogen functional groups attached to an aromatic ring is 2. The minimum atomic E-state index is -1.60. The third-order valence-corrected chi connectivity index (χ3v) is 2.27. The Morgan fingerprint density at radius 3 is 2.17 bits per heavy atom. The maximum absolute atomic E-state index is 13.1. The predicted molar refractivity (Wildman–Crippen MR) is 57.0 cm³/mol. The fraction of sp³-hybridized carbons (Fsp3) is 0. The van der Waals surface area contributed by atoms with E-state index in [2.05, 4.69) is 5.10 Å². The van der Waals surface area contributed by atoms with Crippen molar-refractivity contribution in [3.05, 3.63) is 35.1 Å². The van der Waals surface area contributed by atoms with Crippen LogP contribution < -0.4 is 11.5 Å². The molecular weight excluding hydrogens is 247 g/mol. The van der Waals surface area contributed by atoms with Crippen molar-refractivity contribution in [2.75, 3.05) is 11.5 Å². The van der Waals surface area contributed by atoms with Gasteiger partial charge < -0.3 is 11.5 Å². The van der Waals surface area contributed by atoms with Crippen LogP contribution in [0.25, 0.3) is 5.69 Å². The van der Waals surface area contributed by atoms with Crippen LogP contribution in [0.3, 0.4) is 0 Å². The van der Waals surface area contributed by atoms with Crippen molar-refractivity contribution < 1.29 is 13.2 Å². The number of nitrogens with zero attached hydrogens (tertiary/aromatic N) is 3. The van der Waals surface area contributed by atoms with Crippen molar-refractivity contribution in [3.8, 4) is 11.8 Å². The van der Waals surface area contributed by atoms with Gasteiger partial charge in [-0.15, -0.1) is 5.10 Å². The molecule has 2 rings (SSSR count). The SMILES string of the molecule is N#Cc1c(N)nn(-c2cc(F)c(F)c(F)c2)c1N. The lowest BCUT2D eigenvalue weighted by Gasteiger charge is -2.05. The Labute approximate surface area is 99.0 Å². The van der Waals surface area contributed by atoms with E-state index in [0.29, 0.717) is 12.1 Å². The van der Waals surface area contributed by atoms with Gasteiger partial charge in [-0.3, -0.25) is 0 Å². The molecule has 4 N–H and O–H groups in total. The number of anilines is 2. The van der Waals surface area contributed by atoms with Crippen molar-refractivity contribution in [2.45, 2.75) is 0 Å². The summed E-state index contributed by atoms with van der Waals surface area (Å²) in [5.74, 6) is -4.74. The van der Waals surface area contributed by atoms with Crippen LogP contribution in [0.15, 0.2) is 12.1 Å². The fourth-order valence-electron chi connectivity index (χ4n) is 1.42. The standard InChI is InChI=1S/C10H6F3N5/c11-6-1-4(2-7(12)8(6)13)18-10(16)5(3-14)9(15)17-18/h1-2H,16H2,(H2,15,17). The number of hydrogen-bond donors (Lipinski definition) is 2. The highest BCUT2D eigenvalue weighted by atomic mass is 19.2. The molecule has 0 amide bonds. The van der Waals surface area contributed by atoms with E-state index in [1.165, 1.54) is 0 Å². The lowest BCUT2D eigenvalue weighted by molar-refractivity contribution is 0.446. The van der Waals surface area contributed by atoms with Gasteiger partial charge in [0.2, 0.25) is 0 Å². The lowest BCUT2D eigenvalue weighted by Crippen LogP contribution is -2.05.